The first-order valence-corrected chi connectivity index (χ1v) is 12.1. The molecule has 0 saturated heterocycles. The summed E-state index contributed by atoms with van der Waals surface area (Å²) >= 11 is 5.25. The number of benzene rings is 1. The van der Waals surface area contributed by atoms with Gasteiger partial charge in [0.1, 0.15) is 5.56 Å². The van der Waals surface area contributed by atoms with Gasteiger partial charge in [0.2, 0.25) is 11.8 Å². The molecule has 0 radical (unpaired) electrons. The molecule has 0 aliphatic carbocycles. The second-order valence-electron chi connectivity index (χ2n) is 8.09. The number of hydrazone groups is 1. The highest BCUT2D eigenvalue weighted by molar-refractivity contribution is 7.71. The van der Waals surface area contributed by atoms with E-state index in [1.54, 1.807) is 6.92 Å². The van der Waals surface area contributed by atoms with E-state index < -0.39 is 5.56 Å². The maximum atomic E-state index is 12.8. The van der Waals surface area contributed by atoms with Gasteiger partial charge in [0.25, 0.3) is 5.56 Å². The second-order valence-corrected chi connectivity index (χ2v) is 8.47. The van der Waals surface area contributed by atoms with Crippen LogP contribution >= 0.6 is 12.2 Å². The van der Waals surface area contributed by atoms with Crippen molar-refractivity contribution in [3.63, 3.8) is 0 Å². The summed E-state index contributed by atoms with van der Waals surface area (Å²) in [5, 5.41) is 16.9. The van der Waals surface area contributed by atoms with Gasteiger partial charge in [-0.05, 0) is 50.2 Å². The number of hydrogen-bond acceptors (Lipinski definition) is 6. The Kier molecular flexibility index (Phi) is 8.07. The van der Waals surface area contributed by atoms with Gasteiger partial charge in [-0.25, -0.2) is 5.01 Å². The Morgan fingerprint density at radius 2 is 1.88 bits per heavy atom. The molecular weight excluding hydrogens is 438 g/mol. The summed E-state index contributed by atoms with van der Waals surface area (Å²) in [6.45, 7) is 10.4. The van der Waals surface area contributed by atoms with Crippen LogP contribution in [0.4, 0.5) is 5.69 Å². The van der Waals surface area contributed by atoms with Crippen molar-refractivity contribution in [2.24, 2.45) is 5.10 Å². The second kappa shape index (κ2) is 10.8. The molecule has 0 spiro atoms. The SMILES string of the molecule is CCCCn1c(O)c(C2=NN(C(=O)CC)C(c3ccc(N(CC)CC)cc3)C2)c(=O)[nH]c1=S. The molecule has 0 bridgehead atoms. The first kappa shape index (κ1) is 24.7. The molecule has 1 unspecified atom stereocenters. The number of aromatic amines is 1. The topological polar surface area (TPSA) is 93.9 Å². The number of carbonyl (C=O) groups is 1. The van der Waals surface area contributed by atoms with E-state index in [1.165, 1.54) is 9.58 Å². The minimum Gasteiger partial charge on any atom is -0.494 e. The predicted octanol–water partition coefficient (Wildman–Crippen LogP) is 4.35. The molecule has 2 aromatic rings. The van der Waals surface area contributed by atoms with Gasteiger partial charge in [-0.2, -0.15) is 5.10 Å². The third-order valence-electron chi connectivity index (χ3n) is 6.07. The molecule has 2 heterocycles. The Balaban J connectivity index is 2.01. The summed E-state index contributed by atoms with van der Waals surface area (Å²) < 4.78 is 1.70. The zero-order chi connectivity index (χ0) is 24.1. The zero-order valence-electron chi connectivity index (χ0n) is 19.8. The molecule has 1 aliphatic heterocycles. The van der Waals surface area contributed by atoms with E-state index in [9.17, 15) is 14.7 Å². The molecule has 8 nitrogen and oxygen atoms in total. The molecule has 1 amide bonds. The molecule has 2 N–H and O–H groups in total. The molecular formula is C24H33N5O3S. The van der Waals surface area contributed by atoms with E-state index in [0.717, 1.165) is 37.2 Å². The fourth-order valence-corrected chi connectivity index (χ4v) is 4.42. The van der Waals surface area contributed by atoms with Crippen LogP contribution in [0.5, 0.6) is 5.88 Å². The van der Waals surface area contributed by atoms with Crippen LogP contribution in [-0.4, -0.2) is 44.4 Å². The van der Waals surface area contributed by atoms with Crippen molar-refractivity contribution in [2.45, 2.75) is 66.0 Å². The lowest BCUT2D eigenvalue weighted by Gasteiger charge is -2.24. The number of unbranched alkanes of at least 4 members (excludes halogenated alkanes) is 1. The maximum absolute atomic E-state index is 12.8. The van der Waals surface area contributed by atoms with Crippen molar-refractivity contribution in [1.82, 2.24) is 14.6 Å². The average molecular weight is 472 g/mol. The van der Waals surface area contributed by atoms with Gasteiger partial charge >= 0.3 is 0 Å². The molecule has 9 heteroatoms. The van der Waals surface area contributed by atoms with Gasteiger partial charge in [0.05, 0.1) is 11.8 Å². The van der Waals surface area contributed by atoms with Crippen molar-refractivity contribution in [3.8, 4) is 5.88 Å². The number of H-pyrrole nitrogens is 1. The molecule has 1 aromatic carbocycles. The Morgan fingerprint density at radius 1 is 1.21 bits per heavy atom. The van der Waals surface area contributed by atoms with Gasteiger partial charge in [0.15, 0.2) is 4.77 Å². The smallest absolute Gasteiger partial charge is 0.264 e. The van der Waals surface area contributed by atoms with Gasteiger partial charge in [-0.1, -0.05) is 32.4 Å². The van der Waals surface area contributed by atoms with Gasteiger partial charge < -0.3 is 10.0 Å². The van der Waals surface area contributed by atoms with Crippen molar-refractivity contribution in [3.05, 3.63) is 50.5 Å². The summed E-state index contributed by atoms with van der Waals surface area (Å²) in [6, 6.07) is 7.76. The van der Waals surface area contributed by atoms with Crippen molar-refractivity contribution in [1.29, 1.82) is 0 Å². The summed E-state index contributed by atoms with van der Waals surface area (Å²) in [5.74, 6) is -0.338. The van der Waals surface area contributed by atoms with Crippen LogP contribution in [0.3, 0.4) is 0 Å². The monoisotopic (exact) mass is 471 g/mol. The Bertz CT molecular complexity index is 1130. The number of nitrogens with one attached hydrogen (secondary N) is 1. The molecule has 33 heavy (non-hydrogen) atoms. The molecule has 3 rings (SSSR count). The largest absolute Gasteiger partial charge is 0.494 e. The van der Waals surface area contributed by atoms with Crippen LogP contribution in [0.25, 0.3) is 0 Å². The van der Waals surface area contributed by atoms with E-state index >= 15 is 0 Å². The number of nitrogens with zero attached hydrogens (tertiary/aromatic N) is 4. The van der Waals surface area contributed by atoms with Crippen molar-refractivity contribution >= 4 is 29.5 Å². The van der Waals surface area contributed by atoms with Crippen LogP contribution in [0.15, 0.2) is 34.2 Å². The zero-order valence-corrected chi connectivity index (χ0v) is 20.6. The number of aromatic nitrogens is 2. The lowest BCUT2D eigenvalue weighted by atomic mass is 9.98. The third kappa shape index (κ3) is 5.03. The summed E-state index contributed by atoms with van der Waals surface area (Å²) in [5.41, 5.74) is 2.01. The van der Waals surface area contributed by atoms with Crippen LogP contribution in [-0.2, 0) is 11.3 Å². The van der Waals surface area contributed by atoms with E-state index in [0.29, 0.717) is 18.7 Å². The van der Waals surface area contributed by atoms with Crippen molar-refractivity contribution < 1.29 is 9.90 Å². The highest BCUT2D eigenvalue weighted by Crippen LogP contribution is 2.35. The Morgan fingerprint density at radius 3 is 2.45 bits per heavy atom. The standard InChI is InChI=1S/C24H33N5O3S/c1-5-9-14-28-23(32)21(22(31)25-24(28)33)18-15-19(29(26-18)20(30)6-2)16-10-12-17(13-11-16)27(7-3)8-4/h10-13,19,32H,5-9,14-15H2,1-4H3,(H,25,31,33). The normalized spacial score (nSPS) is 15.6. The van der Waals surface area contributed by atoms with E-state index in [1.807, 2.05) is 31.2 Å². The maximum Gasteiger partial charge on any atom is 0.264 e. The van der Waals surface area contributed by atoms with Crippen LogP contribution in [0, 0.1) is 4.77 Å². The first-order valence-electron chi connectivity index (χ1n) is 11.7. The van der Waals surface area contributed by atoms with E-state index in [2.05, 4.69) is 28.8 Å². The molecule has 1 atom stereocenters. The molecule has 1 aliphatic rings. The minimum atomic E-state index is -0.495. The van der Waals surface area contributed by atoms with Gasteiger partial charge in [0, 0.05) is 38.2 Å². The summed E-state index contributed by atoms with van der Waals surface area (Å²) in [6.07, 6.45) is 2.34. The van der Waals surface area contributed by atoms with Gasteiger partial charge in [-0.3, -0.25) is 19.1 Å². The van der Waals surface area contributed by atoms with Crippen LogP contribution < -0.4 is 10.5 Å². The number of hydrogen-bond donors (Lipinski definition) is 2. The molecule has 178 valence electrons. The van der Waals surface area contributed by atoms with Gasteiger partial charge in [-0.15, -0.1) is 0 Å². The quantitative estimate of drug-likeness (QED) is 0.531. The Hall–Kier alpha value is -2.94. The summed E-state index contributed by atoms with van der Waals surface area (Å²) in [7, 11) is 0. The lowest BCUT2D eigenvalue weighted by Crippen LogP contribution is -2.26. The summed E-state index contributed by atoms with van der Waals surface area (Å²) in [4.78, 5) is 30.4. The molecule has 1 aromatic heterocycles. The van der Waals surface area contributed by atoms with Crippen LogP contribution in [0.2, 0.25) is 0 Å². The Labute approximate surface area is 199 Å². The third-order valence-corrected chi connectivity index (χ3v) is 6.39. The fourth-order valence-electron chi connectivity index (χ4n) is 4.15. The average Bonchev–Trinajstić information content (AvgIpc) is 3.24. The van der Waals surface area contributed by atoms with Crippen LogP contribution in [0.1, 0.15) is 70.5 Å². The lowest BCUT2D eigenvalue weighted by molar-refractivity contribution is -0.132. The highest BCUT2D eigenvalue weighted by Gasteiger charge is 2.35. The first-order chi connectivity index (χ1) is 15.9. The molecule has 0 saturated carbocycles. The van der Waals surface area contributed by atoms with Crippen molar-refractivity contribution in [2.75, 3.05) is 18.0 Å². The number of rotatable bonds is 9. The number of anilines is 1. The van der Waals surface area contributed by atoms with E-state index in [-0.39, 0.29) is 34.6 Å². The highest BCUT2D eigenvalue weighted by atomic mass is 32.1. The van der Waals surface area contributed by atoms with E-state index in [4.69, 9.17) is 12.2 Å². The number of amides is 1. The minimum absolute atomic E-state index is 0.0795. The number of carbonyl (C=O) groups excluding carboxylic acids is 1. The predicted molar refractivity (Wildman–Crippen MR) is 133 cm³/mol. The molecule has 0 fully saturated rings. The fraction of sp³-hybridized carbons (Fsp3) is 0.500. The number of aromatic hydroxyl groups is 1.